The molecule has 0 atom stereocenters. The SMILES string of the molecule is O=C(Nc1cccc2c1C(=O)N(c1ccccc1)C2=O)c1ccccc1I. The van der Waals surface area contributed by atoms with E-state index in [1.165, 1.54) is 0 Å². The van der Waals surface area contributed by atoms with Gasteiger partial charge in [-0.05, 0) is 59.0 Å². The smallest absolute Gasteiger partial charge is 0.268 e. The molecular weight excluding hydrogens is 455 g/mol. The second-order valence-electron chi connectivity index (χ2n) is 5.94. The molecule has 0 saturated heterocycles. The minimum Gasteiger partial charge on any atom is -0.321 e. The quantitative estimate of drug-likeness (QED) is 0.460. The zero-order valence-corrected chi connectivity index (χ0v) is 16.1. The molecule has 0 fully saturated rings. The van der Waals surface area contributed by atoms with E-state index in [0.29, 0.717) is 16.9 Å². The van der Waals surface area contributed by atoms with E-state index in [1.54, 1.807) is 54.6 Å². The van der Waals surface area contributed by atoms with Gasteiger partial charge in [0.15, 0.2) is 0 Å². The number of carbonyl (C=O) groups excluding carboxylic acids is 3. The summed E-state index contributed by atoms with van der Waals surface area (Å²) in [6.45, 7) is 0. The van der Waals surface area contributed by atoms with Crippen LogP contribution in [0.3, 0.4) is 0 Å². The van der Waals surface area contributed by atoms with Gasteiger partial charge in [-0.2, -0.15) is 0 Å². The van der Waals surface area contributed by atoms with Gasteiger partial charge in [0.25, 0.3) is 17.7 Å². The highest BCUT2D eigenvalue weighted by atomic mass is 127. The Bertz CT molecular complexity index is 1080. The van der Waals surface area contributed by atoms with E-state index in [0.717, 1.165) is 8.47 Å². The lowest BCUT2D eigenvalue weighted by molar-refractivity contribution is 0.0926. The van der Waals surface area contributed by atoms with Gasteiger partial charge in [-0.15, -0.1) is 0 Å². The second-order valence-corrected chi connectivity index (χ2v) is 7.11. The van der Waals surface area contributed by atoms with Crippen molar-refractivity contribution < 1.29 is 14.4 Å². The third-order valence-corrected chi connectivity index (χ3v) is 5.24. The van der Waals surface area contributed by atoms with Gasteiger partial charge in [-0.3, -0.25) is 14.4 Å². The number of nitrogens with zero attached hydrogens (tertiary/aromatic N) is 1. The topological polar surface area (TPSA) is 66.5 Å². The van der Waals surface area contributed by atoms with Crippen molar-refractivity contribution in [3.05, 3.63) is 93.1 Å². The summed E-state index contributed by atoms with van der Waals surface area (Å²) in [5, 5.41) is 2.78. The summed E-state index contributed by atoms with van der Waals surface area (Å²) in [5.74, 6) is -1.17. The molecule has 4 rings (SSSR count). The minimum absolute atomic E-state index is 0.214. The Hall–Kier alpha value is -3.00. The molecule has 27 heavy (non-hydrogen) atoms. The number of fused-ring (bicyclic) bond motifs is 1. The van der Waals surface area contributed by atoms with Crippen molar-refractivity contribution in [2.24, 2.45) is 0 Å². The second kappa shape index (κ2) is 6.96. The van der Waals surface area contributed by atoms with Gasteiger partial charge < -0.3 is 5.32 Å². The highest BCUT2D eigenvalue weighted by molar-refractivity contribution is 14.1. The number of anilines is 2. The van der Waals surface area contributed by atoms with E-state index in [-0.39, 0.29) is 17.0 Å². The van der Waals surface area contributed by atoms with Crippen LogP contribution < -0.4 is 10.2 Å². The van der Waals surface area contributed by atoms with Crippen LogP contribution in [0.25, 0.3) is 0 Å². The molecular formula is C21H13IN2O3. The van der Waals surface area contributed by atoms with E-state index in [2.05, 4.69) is 27.9 Å². The van der Waals surface area contributed by atoms with Gasteiger partial charge in [-0.1, -0.05) is 36.4 Å². The first-order valence-corrected chi connectivity index (χ1v) is 9.28. The lowest BCUT2D eigenvalue weighted by atomic mass is 10.1. The fraction of sp³-hybridized carbons (Fsp3) is 0. The number of nitrogens with one attached hydrogen (secondary N) is 1. The molecule has 0 spiro atoms. The van der Waals surface area contributed by atoms with Crippen molar-refractivity contribution in [2.75, 3.05) is 10.2 Å². The Morgan fingerprint density at radius 2 is 1.52 bits per heavy atom. The Labute approximate surface area is 169 Å². The number of amides is 3. The van der Waals surface area contributed by atoms with Crippen molar-refractivity contribution >= 4 is 51.7 Å². The summed E-state index contributed by atoms with van der Waals surface area (Å²) >= 11 is 2.08. The van der Waals surface area contributed by atoms with Crippen LogP contribution in [0, 0.1) is 3.57 Å². The molecule has 3 aromatic carbocycles. The van der Waals surface area contributed by atoms with Crippen molar-refractivity contribution in [2.45, 2.75) is 0 Å². The molecule has 6 heteroatoms. The van der Waals surface area contributed by atoms with Crippen molar-refractivity contribution in [1.29, 1.82) is 0 Å². The zero-order chi connectivity index (χ0) is 19.0. The predicted octanol–water partition coefficient (Wildman–Crippen LogP) is 4.34. The van der Waals surface area contributed by atoms with Crippen molar-refractivity contribution in [3.8, 4) is 0 Å². The van der Waals surface area contributed by atoms with E-state index in [9.17, 15) is 14.4 Å². The molecule has 1 aliphatic heterocycles. The Morgan fingerprint density at radius 1 is 0.815 bits per heavy atom. The largest absolute Gasteiger partial charge is 0.321 e. The third kappa shape index (κ3) is 3.02. The minimum atomic E-state index is -0.445. The van der Waals surface area contributed by atoms with Gasteiger partial charge >= 0.3 is 0 Å². The average Bonchev–Trinajstić information content (AvgIpc) is 2.94. The monoisotopic (exact) mass is 468 g/mol. The lowest BCUT2D eigenvalue weighted by Crippen LogP contribution is -2.29. The van der Waals surface area contributed by atoms with Gasteiger partial charge in [0.1, 0.15) is 0 Å². The maximum absolute atomic E-state index is 13.0. The molecule has 3 amide bonds. The molecule has 0 bridgehead atoms. The fourth-order valence-electron chi connectivity index (χ4n) is 3.04. The van der Waals surface area contributed by atoms with Gasteiger partial charge in [-0.25, -0.2) is 4.90 Å². The summed E-state index contributed by atoms with van der Waals surface area (Å²) < 4.78 is 0.800. The lowest BCUT2D eigenvalue weighted by Gasteiger charge is -2.14. The first-order valence-electron chi connectivity index (χ1n) is 8.20. The molecule has 1 aliphatic rings. The van der Waals surface area contributed by atoms with Crippen molar-refractivity contribution in [1.82, 2.24) is 0 Å². The Kier molecular flexibility index (Phi) is 4.49. The van der Waals surface area contributed by atoms with Crippen LogP contribution in [0.1, 0.15) is 31.1 Å². The van der Waals surface area contributed by atoms with E-state index >= 15 is 0 Å². The molecule has 0 saturated carbocycles. The number of halogens is 1. The maximum atomic E-state index is 13.0. The van der Waals surface area contributed by atoms with Crippen LogP contribution in [0.4, 0.5) is 11.4 Å². The summed E-state index contributed by atoms with van der Waals surface area (Å²) in [5.41, 5.74) is 1.83. The molecule has 0 aromatic heterocycles. The zero-order valence-electron chi connectivity index (χ0n) is 14.0. The van der Waals surface area contributed by atoms with E-state index < -0.39 is 11.8 Å². The molecule has 0 aliphatic carbocycles. The summed E-state index contributed by atoms with van der Waals surface area (Å²) in [4.78, 5) is 39.5. The average molecular weight is 468 g/mol. The number of carbonyl (C=O) groups is 3. The third-order valence-electron chi connectivity index (χ3n) is 4.30. The Balaban J connectivity index is 1.72. The number of benzene rings is 3. The highest BCUT2D eigenvalue weighted by Gasteiger charge is 2.38. The first kappa shape index (κ1) is 17.4. The molecule has 1 heterocycles. The van der Waals surface area contributed by atoms with Crippen LogP contribution in [0.15, 0.2) is 72.8 Å². The van der Waals surface area contributed by atoms with Gasteiger partial charge in [0.2, 0.25) is 0 Å². The normalized spacial score (nSPS) is 12.9. The van der Waals surface area contributed by atoms with Gasteiger partial charge in [0.05, 0.1) is 28.1 Å². The maximum Gasteiger partial charge on any atom is 0.268 e. The number of hydrogen-bond donors (Lipinski definition) is 1. The van der Waals surface area contributed by atoms with Crippen molar-refractivity contribution in [3.63, 3.8) is 0 Å². The van der Waals surface area contributed by atoms with Crippen LogP contribution in [-0.2, 0) is 0 Å². The summed E-state index contributed by atoms with van der Waals surface area (Å²) in [6, 6.07) is 20.8. The van der Waals surface area contributed by atoms with Crippen LogP contribution >= 0.6 is 22.6 Å². The molecule has 3 aromatic rings. The number of imide groups is 1. The fourth-order valence-corrected chi connectivity index (χ4v) is 3.67. The standard InChI is InChI=1S/C21H13IN2O3/c22-16-11-5-4-9-14(16)19(25)23-17-12-6-10-15-18(17)21(27)24(20(15)26)13-7-2-1-3-8-13/h1-12H,(H,23,25). The Morgan fingerprint density at radius 3 is 2.26 bits per heavy atom. The molecule has 5 nitrogen and oxygen atoms in total. The number of para-hydroxylation sites is 1. The molecule has 0 radical (unpaired) electrons. The van der Waals surface area contributed by atoms with Crippen LogP contribution in [0.5, 0.6) is 0 Å². The van der Waals surface area contributed by atoms with E-state index in [1.807, 2.05) is 18.2 Å². The van der Waals surface area contributed by atoms with Crippen LogP contribution in [0.2, 0.25) is 0 Å². The first-order chi connectivity index (χ1) is 13.1. The summed E-state index contributed by atoms with van der Waals surface area (Å²) in [7, 11) is 0. The van der Waals surface area contributed by atoms with Crippen LogP contribution in [-0.4, -0.2) is 17.7 Å². The highest BCUT2D eigenvalue weighted by Crippen LogP contribution is 2.33. The molecule has 1 N–H and O–H groups in total. The number of rotatable bonds is 3. The molecule has 0 unspecified atom stereocenters. The number of hydrogen-bond acceptors (Lipinski definition) is 3. The summed E-state index contributed by atoms with van der Waals surface area (Å²) in [6.07, 6.45) is 0. The van der Waals surface area contributed by atoms with E-state index in [4.69, 9.17) is 0 Å². The molecule has 132 valence electrons. The predicted molar refractivity (Wildman–Crippen MR) is 111 cm³/mol. The van der Waals surface area contributed by atoms with Gasteiger partial charge in [0, 0.05) is 3.57 Å².